The summed E-state index contributed by atoms with van der Waals surface area (Å²) in [5.74, 6) is -1.58. The van der Waals surface area contributed by atoms with Crippen molar-refractivity contribution in [1.82, 2.24) is 10.6 Å². The zero-order valence-corrected chi connectivity index (χ0v) is 18.1. The molecule has 2 atom stereocenters. The number of hydrogen-bond donors (Lipinski definition) is 3. The maximum Gasteiger partial charge on any atom is 0.408 e. The second-order valence-corrected chi connectivity index (χ2v) is 7.98. The number of carbonyl (C=O) groups excluding carboxylic acids is 2. The molecule has 0 unspecified atom stereocenters. The Morgan fingerprint density at radius 1 is 0.935 bits per heavy atom. The summed E-state index contributed by atoms with van der Waals surface area (Å²) in [5.41, 5.74) is 2.64. The van der Waals surface area contributed by atoms with Crippen LogP contribution >= 0.6 is 0 Å². The standard InChI is InChI=1S/C24H30N2O5/c1-16(2)12-20(26-24(30)31-15-18-9-5-4-6-10-18)22(27)25-21(23(28)29)14-19-11-7-8-17(3)13-19/h4-11,13,16,20-21H,12,14-15H2,1-3H3,(H,25,27)(H,26,30)(H,28,29)/t20-,21+/m0/s1. The van der Waals surface area contributed by atoms with Crippen LogP contribution < -0.4 is 10.6 Å². The zero-order chi connectivity index (χ0) is 22.8. The fourth-order valence-corrected chi connectivity index (χ4v) is 3.16. The molecule has 7 heteroatoms. The average molecular weight is 427 g/mol. The van der Waals surface area contributed by atoms with Crippen LogP contribution in [0.15, 0.2) is 54.6 Å². The van der Waals surface area contributed by atoms with Gasteiger partial charge in [-0.2, -0.15) is 0 Å². The Hall–Kier alpha value is -3.35. The lowest BCUT2D eigenvalue weighted by atomic mass is 10.0. The molecule has 0 saturated carbocycles. The Balaban J connectivity index is 2.00. The summed E-state index contributed by atoms with van der Waals surface area (Å²) in [6.07, 6.45) is -0.228. The molecule has 0 saturated heterocycles. The van der Waals surface area contributed by atoms with E-state index in [0.717, 1.165) is 16.7 Å². The van der Waals surface area contributed by atoms with Crippen molar-refractivity contribution < 1.29 is 24.2 Å². The van der Waals surface area contributed by atoms with E-state index in [0.29, 0.717) is 6.42 Å². The number of benzene rings is 2. The summed E-state index contributed by atoms with van der Waals surface area (Å²) >= 11 is 0. The number of aliphatic carboxylic acids is 1. The summed E-state index contributed by atoms with van der Waals surface area (Å²) in [5, 5.41) is 14.7. The Kier molecular flexibility index (Phi) is 9.06. The van der Waals surface area contributed by atoms with Crippen molar-refractivity contribution in [3.63, 3.8) is 0 Å². The minimum atomic E-state index is -1.13. The minimum Gasteiger partial charge on any atom is -0.480 e. The highest BCUT2D eigenvalue weighted by molar-refractivity contribution is 5.89. The minimum absolute atomic E-state index is 0.0772. The van der Waals surface area contributed by atoms with Gasteiger partial charge in [0, 0.05) is 6.42 Å². The molecule has 0 aromatic heterocycles. The smallest absolute Gasteiger partial charge is 0.408 e. The summed E-state index contributed by atoms with van der Waals surface area (Å²) in [6, 6.07) is 14.7. The van der Waals surface area contributed by atoms with Crippen molar-refractivity contribution in [3.05, 3.63) is 71.3 Å². The van der Waals surface area contributed by atoms with Crippen LogP contribution in [0.25, 0.3) is 0 Å². The van der Waals surface area contributed by atoms with E-state index in [9.17, 15) is 19.5 Å². The Morgan fingerprint density at radius 2 is 1.61 bits per heavy atom. The number of nitrogens with one attached hydrogen (secondary N) is 2. The molecule has 0 aliphatic carbocycles. The summed E-state index contributed by atoms with van der Waals surface area (Å²) < 4.78 is 5.21. The number of amides is 2. The van der Waals surface area contributed by atoms with Gasteiger partial charge in [0.05, 0.1) is 0 Å². The van der Waals surface area contributed by atoms with Crippen molar-refractivity contribution in [1.29, 1.82) is 0 Å². The molecule has 0 bridgehead atoms. The quantitative estimate of drug-likeness (QED) is 0.540. The molecule has 2 rings (SSSR count). The molecule has 0 heterocycles. The van der Waals surface area contributed by atoms with E-state index in [1.807, 2.05) is 75.4 Å². The zero-order valence-electron chi connectivity index (χ0n) is 18.1. The molecule has 0 radical (unpaired) electrons. The van der Waals surface area contributed by atoms with Gasteiger partial charge < -0.3 is 20.5 Å². The van der Waals surface area contributed by atoms with Crippen LogP contribution in [0.5, 0.6) is 0 Å². The number of aryl methyl sites for hydroxylation is 1. The summed E-state index contributed by atoms with van der Waals surface area (Å²) in [6.45, 7) is 5.83. The molecule has 0 aliphatic heterocycles. The van der Waals surface area contributed by atoms with Crippen molar-refractivity contribution in [2.75, 3.05) is 0 Å². The number of carbonyl (C=O) groups is 3. The lowest BCUT2D eigenvalue weighted by molar-refractivity contribution is -0.142. The molecule has 0 fully saturated rings. The Labute approximate surface area is 182 Å². The lowest BCUT2D eigenvalue weighted by Crippen LogP contribution is -2.52. The third kappa shape index (κ3) is 8.50. The van der Waals surface area contributed by atoms with E-state index >= 15 is 0 Å². The largest absolute Gasteiger partial charge is 0.480 e. The Bertz CT molecular complexity index is 883. The van der Waals surface area contributed by atoms with Crippen LogP contribution in [0.1, 0.15) is 37.0 Å². The van der Waals surface area contributed by atoms with Crippen LogP contribution in [0.4, 0.5) is 4.79 Å². The van der Waals surface area contributed by atoms with Gasteiger partial charge in [-0.05, 0) is 30.4 Å². The van der Waals surface area contributed by atoms with Gasteiger partial charge in [-0.3, -0.25) is 4.79 Å². The fraction of sp³-hybridized carbons (Fsp3) is 0.375. The number of alkyl carbamates (subject to hydrolysis) is 1. The monoisotopic (exact) mass is 426 g/mol. The first-order valence-electron chi connectivity index (χ1n) is 10.3. The van der Waals surface area contributed by atoms with Gasteiger partial charge in [0.15, 0.2) is 0 Å². The van der Waals surface area contributed by atoms with Crippen LogP contribution in [-0.4, -0.2) is 35.2 Å². The van der Waals surface area contributed by atoms with Gasteiger partial charge in [-0.25, -0.2) is 9.59 Å². The molecule has 0 spiro atoms. The fourth-order valence-electron chi connectivity index (χ4n) is 3.16. The molecule has 0 aliphatic rings. The highest BCUT2D eigenvalue weighted by Gasteiger charge is 2.27. The Morgan fingerprint density at radius 3 is 2.23 bits per heavy atom. The van der Waals surface area contributed by atoms with E-state index in [1.54, 1.807) is 0 Å². The highest BCUT2D eigenvalue weighted by Crippen LogP contribution is 2.10. The average Bonchev–Trinajstić information content (AvgIpc) is 2.71. The van der Waals surface area contributed by atoms with Crippen LogP contribution in [0, 0.1) is 12.8 Å². The van der Waals surface area contributed by atoms with Gasteiger partial charge in [-0.15, -0.1) is 0 Å². The molecule has 7 nitrogen and oxygen atoms in total. The molecule has 2 aromatic rings. The normalized spacial score (nSPS) is 12.6. The number of hydrogen-bond acceptors (Lipinski definition) is 4. The first-order chi connectivity index (χ1) is 14.7. The number of carboxylic acids is 1. The third-order valence-corrected chi connectivity index (χ3v) is 4.67. The molecule has 2 aromatic carbocycles. The molecular formula is C24H30N2O5. The predicted octanol–water partition coefficient (Wildman–Crippen LogP) is 3.45. The van der Waals surface area contributed by atoms with Crippen LogP contribution in [0.3, 0.4) is 0 Å². The second-order valence-electron chi connectivity index (χ2n) is 7.98. The van der Waals surface area contributed by atoms with Gasteiger partial charge in [0.2, 0.25) is 5.91 Å². The molecule has 166 valence electrons. The van der Waals surface area contributed by atoms with Gasteiger partial charge in [0.1, 0.15) is 18.7 Å². The highest BCUT2D eigenvalue weighted by atomic mass is 16.5. The van der Waals surface area contributed by atoms with Gasteiger partial charge >= 0.3 is 12.1 Å². The molecule has 3 N–H and O–H groups in total. The van der Waals surface area contributed by atoms with E-state index in [1.165, 1.54) is 0 Å². The number of ether oxygens (including phenoxy) is 1. The van der Waals surface area contributed by atoms with E-state index in [2.05, 4.69) is 10.6 Å². The van der Waals surface area contributed by atoms with Crippen molar-refractivity contribution in [2.45, 2.75) is 52.3 Å². The number of carboxylic acid groups (broad SMARTS) is 1. The lowest BCUT2D eigenvalue weighted by Gasteiger charge is -2.22. The van der Waals surface area contributed by atoms with Gasteiger partial charge in [0.25, 0.3) is 0 Å². The predicted molar refractivity (Wildman–Crippen MR) is 117 cm³/mol. The first-order valence-corrected chi connectivity index (χ1v) is 10.3. The van der Waals surface area contributed by atoms with E-state index in [4.69, 9.17) is 4.74 Å². The van der Waals surface area contributed by atoms with Crippen LogP contribution in [0.2, 0.25) is 0 Å². The van der Waals surface area contributed by atoms with E-state index in [-0.39, 0.29) is 18.9 Å². The third-order valence-electron chi connectivity index (χ3n) is 4.67. The topological polar surface area (TPSA) is 105 Å². The van der Waals surface area contributed by atoms with Gasteiger partial charge in [-0.1, -0.05) is 74.0 Å². The molecule has 31 heavy (non-hydrogen) atoms. The number of rotatable bonds is 10. The van der Waals surface area contributed by atoms with Crippen LogP contribution in [-0.2, 0) is 27.4 Å². The maximum atomic E-state index is 12.8. The molecule has 2 amide bonds. The first kappa shape index (κ1) is 23.9. The summed E-state index contributed by atoms with van der Waals surface area (Å²) in [4.78, 5) is 36.8. The SMILES string of the molecule is Cc1cccc(C[C@@H](NC(=O)[C@H](CC(C)C)NC(=O)OCc2ccccc2)C(=O)O)c1. The summed E-state index contributed by atoms with van der Waals surface area (Å²) in [7, 11) is 0. The van der Waals surface area contributed by atoms with Crippen molar-refractivity contribution in [3.8, 4) is 0 Å². The molecular weight excluding hydrogens is 396 g/mol. The van der Waals surface area contributed by atoms with Crippen molar-refractivity contribution >= 4 is 18.0 Å². The van der Waals surface area contributed by atoms with E-state index < -0.39 is 30.1 Å². The second kappa shape index (κ2) is 11.7. The van der Waals surface area contributed by atoms with Crippen molar-refractivity contribution in [2.24, 2.45) is 5.92 Å². The maximum absolute atomic E-state index is 12.8.